The molecule has 1 amide bonds. The van der Waals surface area contributed by atoms with E-state index in [1.54, 1.807) is 0 Å². The Morgan fingerprint density at radius 3 is 2.11 bits per heavy atom. The van der Waals surface area contributed by atoms with Crippen molar-refractivity contribution in [1.29, 1.82) is 0 Å². The van der Waals surface area contributed by atoms with Gasteiger partial charge in [0.15, 0.2) is 0 Å². The van der Waals surface area contributed by atoms with Gasteiger partial charge < -0.3 is 20.4 Å². The maximum atomic E-state index is 12.3. The summed E-state index contributed by atoms with van der Waals surface area (Å²) < 4.78 is 15.7. The number of carbonyl (C=O) groups is 1. The van der Waals surface area contributed by atoms with Crippen molar-refractivity contribution in [2.75, 3.05) is 13.2 Å². The van der Waals surface area contributed by atoms with Gasteiger partial charge in [-0.2, -0.15) is 0 Å². The largest absolute Gasteiger partial charge is 0.469 e. The van der Waals surface area contributed by atoms with Gasteiger partial charge in [-0.05, 0) is 37.7 Å². The van der Waals surface area contributed by atoms with Crippen LogP contribution in [0, 0.1) is 0 Å². The molecule has 7 nitrogen and oxygen atoms in total. The van der Waals surface area contributed by atoms with E-state index in [1.165, 1.54) is 57.8 Å². The summed E-state index contributed by atoms with van der Waals surface area (Å²) in [4.78, 5) is 30.4. The third-order valence-electron chi connectivity index (χ3n) is 6.04. The Morgan fingerprint density at radius 2 is 1.50 bits per heavy atom. The summed E-state index contributed by atoms with van der Waals surface area (Å²) in [5.74, 6) is -0.117. The molecule has 0 aliphatic heterocycles. The number of phosphoric ester groups is 1. The first kappa shape index (κ1) is 32.5. The lowest BCUT2D eigenvalue weighted by molar-refractivity contribution is -0.122. The molecule has 36 heavy (non-hydrogen) atoms. The van der Waals surface area contributed by atoms with Crippen LogP contribution in [-0.2, 0) is 20.4 Å². The van der Waals surface area contributed by atoms with E-state index in [4.69, 9.17) is 9.79 Å². The standard InChI is InChI=1S/C28H49N2O5P/c1-2-3-4-5-6-7-8-9-10-11-12-13-14-15-19-22-28(31)30-27(25-35-36(32,33)34)24-29-23-26-20-17-16-18-21-26/h9-10,16-18,20-21,27,29H,2-8,11-15,19,22-25H2,1H3,(H,30,31)(H2,32,33,34)/t27-/m1/s1. The number of nitrogens with one attached hydrogen (secondary N) is 2. The first-order valence-corrected chi connectivity index (χ1v) is 15.3. The molecule has 0 aliphatic carbocycles. The van der Waals surface area contributed by atoms with Crippen molar-refractivity contribution in [2.24, 2.45) is 0 Å². The van der Waals surface area contributed by atoms with Gasteiger partial charge in [-0.1, -0.05) is 101 Å². The first-order chi connectivity index (χ1) is 17.4. The van der Waals surface area contributed by atoms with Crippen LogP contribution in [0.2, 0.25) is 0 Å². The summed E-state index contributed by atoms with van der Waals surface area (Å²) in [6.07, 6.45) is 20.7. The molecule has 1 atom stereocenters. The zero-order valence-electron chi connectivity index (χ0n) is 22.2. The second-order valence-electron chi connectivity index (χ2n) is 9.50. The number of phosphoric acid groups is 1. The fraction of sp³-hybridized carbons (Fsp3) is 0.679. The smallest absolute Gasteiger partial charge is 0.350 e. The van der Waals surface area contributed by atoms with Gasteiger partial charge in [0.25, 0.3) is 0 Å². The number of hydrogen-bond acceptors (Lipinski definition) is 4. The monoisotopic (exact) mass is 524 g/mol. The van der Waals surface area contributed by atoms with Crippen LogP contribution in [-0.4, -0.2) is 34.9 Å². The fourth-order valence-electron chi connectivity index (χ4n) is 3.98. The molecule has 0 radical (unpaired) electrons. The summed E-state index contributed by atoms with van der Waals surface area (Å²) in [7, 11) is -4.59. The number of allylic oxidation sites excluding steroid dienone is 2. The topological polar surface area (TPSA) is 108 Å². The van der Waals surface area contributed by atoms with Crippen LogP contribution < -0.4 is 10.6 Å². The van der Waals surface area contributed by atoms with Gasteiger partial charge in [-0.3, -0.25) is 9.32 Å². The average Bonchev–Trinajstić information content (AvgIpc) is 2.85. The van der Waals surface area contributed by atoms with E-state index in [2.05, 4.69) is 34.2 Å². The van der Waals surface area contributed by atoms with Crippen molar-refractivity contribution in [3.05, 3.63) is 48.0 Å². The molecule has 0 saturated carbocycles. The molecule has 0 bridgehead atoms. The number of unbranched alkanes of at least 4 members (excludes halogenated alkanes) is 11. The Labute approximate surface area is 218 Å². The van der Waals surface area contributed by atoms with E-state index in [9.17, 15) is 9.36 Å². The van der Waals surface area contributed by atoms with Crippen molar-refractivity contribution in [1.82, 2.24) is 10.6 Å². The molecule has 1 aromatic rings. The third kappa shape index (κ3) is 20.7. The lowest BCUT2D eigenvalue weighted by atomic mass is 10.1. The Balaban J connectivity index is 2.11. The van der Waals surface area contributed by atoms with Gasteiger partial charge in [-0.25, -0.2) is 4.57 Å². The highest BCUT2D eigenvalue weighted by atomic mass is 31.2. The minimum Gasteiger partial charge on any atom is -0.350 e. The van der Waals surface area contributed by atoms with Crippen LogP contribution in [0.15, 0.2) is 42.5 Å². The molecular formula is C28H49N2O5P. The molecule has 0 heterocycles. The van der Waals surface area contributed by atoms with E-state index in [0.29, 0.717) is 19.5 Å². The van der Waals surface area contributed by atoms with Crippen LogP contribution in [0.25, 0.3) is 0 Å². The molecule has 0 unspecified atom stereocenters. The summed E-state index contributed by atoms with van der Waals surface area (Å²) >= 11 is 0. The predicted octanol–water partition coefficient (Wildman–Crippen LogP) is 6.41. The third-order valence-corrected chi connectivity index (χ3v) is 6.52. The molecule has 1 rings (SSSR count). The Kier molecular flexibility index (Phi) is 19.5. The Morgan fingerprint density at radius 1 is 0.917 bits per heavy atom. The van der Waals surface area contributed by atoms with Crippen LogP contribution in [0.3, 0.4) is 0 Å². The maximum absolute atomic E-state index is 12.3. The molecule has 0 aromatic heterocycles. The second-order valence-corrected chi connectivity index (χ2v) is 10.7. The quantitative estimate of drug-likeness (QED) is 0.0749. The van der Waals surface area contributed by atoms with E-state index < -0.39 is 13.9 Å². The highest BCUT2D eigenvalue weighted by molar-refractivity contribution is 7.46. The predicted molar refractivity (Wildman–Crippen MR) is 148 cm³/mol. The van der Waals surface area contributed by atoms with Gasteiger partial charge in [-0.15, -0.1) is 0 Å². The van der Waals surface area contributed by atoms with Gasteiger partial charge in [0.1, 0.15) is 0 Å². The molecule has 1 aromatic carbocycles. The zero-order valence-corrected chi connectivity index (χ0v) is 23.1. The fourth-order valence-corrected chi connectivity index (χ4v) is 4.36. The maximum Gasteiger partial charge on any atom is 0.469 e. The van der Waals surface area contributed by atoms with Gasteiger partial charge in [0.05, 0.1) is 12.6 Å². The number of carbonyl (C=O) groups excluding carboxylic acids is 1. The van der Waals surface area contributed by atoms with Crippen molar-refractivity contribution in [3.8, 4) is 0 Å². The normalized spacial score (nSPS) is 12.8. The molecule has 0 fully saturated rings. The number of hydrogen-bond donors (Lipinski definition) is 4. The first-order valence-electron chi connectivity index (χ1n) is 13.8. The van der Waals surface area contributed by atoms with Crippen LogP contribution >= 0.6 is 7.82 Å². The van der Waals surface area contributed by atoms with E-state index in [-0.39, 0.29) is 12.5 Å². The van der Waals surface area contributed by atoms with Crippen molar-refractivity contribution in [2.45, 2.75) is 109 Å². The van der Waals surface area contributed by atoms with E-state index >= 15 is 0 Å². The van der Waals surface area contributed by atoms with Crippen LogP contribution in [0.5, 0.6) is 0 Å². The Hall–Kier alpha value is -1.50. The van der Waals surface area contributed by atoms with E-state index in [1.807, 2.05) is 30.3 Å². The molecular weight excluding hydrogens is 475 g/mol. The lowest BCUT2D eigenvalue weighted by Crippen LogP contribution is -2.44. The van der Waals surface area contributed by atoms with Gasteiger partial charge in [0, 0.05) is 19.5 Å². The molecule has 0 saturated heterocycles. The Bertz CT molecular complexity index is 739. The summed E-state index contributed by atoms with van der Waals surface area (Å²) in [5.41, 5.74) is 1.09. The summed E-state index contributed by atoms with van der Waals surface area (Å²) in [6.45, 7) is 2.95. The molecule has 0 spiro atoms. The summed E-state index contributed by atoms with van der Waals surface area (Å²) in [6, 6.07) is 9.29. The summed E-state index contributed by atoms with van der Waals surface area (Å²) in [5, 5.41) is 6.06. The van der Waals surface area contributed by atoms with Crippen molar-refractivity contribution < 1.29 is 23.7 Å². The van der Waals surface area contributed by atoms with Gasteiger partial charge >= 0.3 is 7.82 Å². The van der Waals surface area contributed by atoms with Crippen LogP contribution in [0.1, 0.15) is 102 Å². The van der Waals surface area contributed by atoms with Crippen molar-refractivity contribution >= 4 is 13.7 Å². The number of rotatable bonds is 23. The number of amides is 1. The van der Waals surface area contributed by atoms with Crippen LogP contribution in [0.4, 0.5) is 0 Å². The van der Waals surface area contributed by atoms with Crippen molar-refractivity contribution in [3.63, 3.8) is 0 Å². The molecule has 0 aliphatic rings. The minimum atomic E-state index is -4.59. The SMILES string of the molecule is CCCCCCCCC=CCCCCCCCC(=O)N[C@H](CNCc1ccccc1)COP(=O)(O)O. The van der Waals surface area contributed by atoms with E-state index in [0.717, 1.165) is 31.2 Å². The molecule has 4 N–H and O–H groups in total. The highest BCUT2D eigenvalue weighted by Crippen LogP contribution is 2.35. The highest BCUT2D eigenvalue weighted by Gasteiger charge is 2.19. The molecule has 206 valence electrons. The second kappa shape index (κ2) is 21.6. The zero-order chi connectivity index (χ0) is 26.3. The number of benzene rings is 1. The van der Waals surface area contributed by atoms with Gasteiger partial charge in [0.2, 0.25) is 5.91 Å². The average molecular weight is 525 g/mol. The lowest BCUT2D eigenvalue weighted by Gasteiger charge is -2.20. The minimum absolute atomic E-state index is 0.117. The molecule has 8 heteroatoms.